The molecule has 0 radical (unpaired) electrons. The SMILES string of the molecule is COc1cc(/C=C/c2cc([125I])c(O)c(OC)c2)ccc1O. The van der Waals surface area contributed by atoms with E-state index in [1.54, 1.807) is 24.3 Å². The van der Waals surface area contributed by atoms with Gasteiger partial charge in [-0.1, -0.05) is 18.2 Å². The van der Waals surface area contributed by atoms with Gasteiger partial charge >= 0.3 is 0 Å². The van der Waals surface area contributed by atoms with Crippen LogP contribution in [-0.2, 0) is 0 Å². The fourth-order valence-corrected chi connectivity index (χ4v) is 2.46. The molecule has 0 saturated heterocycles. The van der Waals surface area contributed by atoms with E-state index in [1.165, 1.54) is 14.2 Å². The molecule has 2 aromatic rings. The minimum atomic E-state index is 0.107. The van der Waals surface area contributed by atoms with Crippen LogP contribution < -0.4 is 9.47 Å². The Kier molecular flexibility index (Phi) is 4.95. The first-order chi connectivity index (χ1) is 10.0. The van der Waals surface area contributed by atoms with Gasteiger partial charge in [0.25, 0.3) is 0 Å². The van der Waals surface area contributed by atoms with Crippen LogP contribution in [0.1, 0.15) is 11.1 Å². The molecule has 0 aromatic heterocycles. The Morgan fingerprint density at radius 1 is 0.905 bits per heavy atom. The second kappa shape index (κ2) is 6.71. The fourth-order valence-electron chi connectivity index (χ4n) is 1.84. The minimum absolute atomic E-state index is 0.107. The topological polar surface area (TPSA) is 58.9 Å². The third kappa shape index (κ3) is 3.60. The zero-order chi connectivity index (χ0) is 15.4. The van der Waals surface area contributed by atoms with E-state index >= 15 is 0 Å². The van der Waals surface area contributed by atoms with Crippen LogP contribution in [0.3, 0.4) is 0 Å². The molecule has 5 heteroatoms. The molecule has 0 saturated carbocycles. The highest BCUT2D eigenvalue weighted by Gasteiger charge is 2.07. The van der Waals surface area contributed by atoms with E-state index in [9.17, 15) is 10.2 Å². The predicted octanol–water partition coefficient (Wildman–Crippen LogP) is 3.89. The van der Waals surface area contributed by atoms with Gasteiger partial charge in [0.2, 0.25) is 0 Å². The van der Waals surface area contributed by atoms with Crippen molar-refractivity contribution in [1.29, 1.82) is 0 Å². The third-order valence-corrected chi connectivity index (χ3v) is 3.77. The lowest BCUT2D eigenvalue weighted by Crippen LogP contribution is -1.87. The zero-order valence-electron chi connectivity index (χ0n) is 11.6. The largest absolute Gasteiger partial charge is 0.504 e. The number of methoxy groups -OCH3 is 2. The molecule has 2 N–H and O–H groups in total. The molecule has 0 aliphatic rings. The summed E-state index contributed by atoms with van der Waals surface area (Å²) < 4.78 is 10.9. The Morgan fingerprint density at radius 3 is 2.19 bits per heavy atom. The highest BCUT2D eigenvalue weighted by atomic mass is 125. The van der Waals surface area contributed by atoms with Gasteiger partial charge in [-0.05, 0) is 58.0 Å². The Labute approximate surface area is 136 Å². The molecule has 2 rings (SSSR count). The number of ether oxygens (including phenoxy) is 2. The lowest BCUT2D eigenvalue weighted by atomic mass is 10.1. The maximum atomic E-state index is 9.81. The molecule has 0 fully saturated rings. The maximum Gasteiger partial charge on any atom is 0.171 e. The van der Waals surface area contributed by atoms with Crippen LogP contribution in [0.25, 0.3) is 12.2 Å². The van der Waals surface area contributed by atoms with Crippen molar-refractivity contribution in [3.8, 4) is 23.0 Å². The Balaban J connectivity index is 2.31. The van der Waals surface area contributed by atoms with Crippen LogP contribution in [0.5, 0.6) is 23.0 Å². The third-order valence-electron chi connectivity index (χ3n) is 2.94. The van der Waals surface area contributed by atoms with E-state index in [2.05, 4.69) is 22.6 Å². The fraction of sp³-hybridized carbons (Fsp3) is 0.125. The molecular formula is C16H15IO4. The average Bonchev–Trinajstić information content (AvgIpc) is 2.49. The van der Waals surface area contributed by atoms with Crippen molar-refractivity contribution in [1.82, 2.24) is 0 Å². The quantitative estimate of drug-likeness (QED) is 0.608. The summed E-state index contributed by atoms with van der Waals surface area (Å²) in [7, 11) is 3.03. The van der Waals surface area contributed by atoms with E-state index in [0.717, 1.165) is 14.7 Å². The molecule has 2 aromatic carbocycles. The molecule has 0 aliphatic heterocycles. The average molecular weight is 396 g/mol. The first kappa shape index (κ1) is 15.5. The number of aromatic hydroxyl groups is 2. The number of hydrogen-bond donors (Lipinski definition) is 2. The van der Waals surface area contributed by atoms with Crippen molar-refractivity contribution < 1.29 is 19.7 Å². The van der Waals surface area contributed by atoms with E-state index in [-0.39, 0.29) is 11.5 Å². The Morgan fingerprint density at radius 2 is 1.52 bits per heavy atom. The van der Waals surface area contributed by atoms with Crippen molar-refractivity contribution in [2.24, 2.45) is 0 Å². The molecule has 0 atom stereocenters. The van der Waals surface area contributed by atoms with Gasteiger partial charge in [0.05, 0.1) is 17.8 Å². The standard InChI is InChI=1S/C16H15IO4/c1-20-14-8-10(5-6-13(14)18)3-4-11-7-12(17)16(19)15(9-11)21-2/h3-9,18-19H,1-2H3/b4-3+/i17-2. The molecule has 21 heavy (non-hydrogen) atoms. The van der Waals surface area contributed by atoms with Crippen molar-refractivity contribution in [2.75, 3.05) is 14.2 Å². The summed E-state index contributed by atoms with van der Waals surface area (Å²) in [6, 6.07) is 8.73. The summed E-state index contributed by atoms with van der Waals surface area (Å²) in [5.74, 6) is 1.11. The second-order valence-corrected chi connectivity index (χ2v) is 5.48. The summed E-state index contributed by atoms with van der Waals surface area (Å²) >= 11 is 2.05. The van der Waals surface area contributed by atoms with Gasteiger partial charge in [-0.3, -0.25) is 0 Å². The smallest absolute Gasteiger partial charge is 0.171 e. The number of rotatable bonds is 4. The number of phenols is 2. The van der Waals surface area contributed by atoms with Gasteiger partial charge in [0, 0.05) is 0 Å². The summed E-state index contributed by atoms with van der Waals surface area (Å²) in [6.07, 6.45) is 3.79. The van der Waals surface area contributed by atoms with Crippen LogP contribution >= 0.6 is 22.6 Å². The normalized spacial score (nSPS) is 10.8. The first-order valence-corrected chi connectivity index (χ1v) is 7.24. The number of benzene rings is 2. The summed E-state index contributed by atoms with van der Waals surface area (Å²) in [4.78, 5) is 0. The summed E-state index contributed by atoms with van der Waals surface area (Å²) in [5.41, 5.74) is 1.80. The molecule has 110 valence electrons. The highest BCUT2D eigenvalue weighted by molar-refractivity contribution is 14.1. The molecule has 0 heterocycles. The van der Waals surface area contributed by atoms with Crippen LogP contribution in [0.15, 0.2) is 30.3 Å². The monoisotopic (exact) mass is 396 g/mol. The maximum absolute atomic E-state index is 9.81. The lowest BCUT2D eigenvalue weighted by Gasteiger charge is -2.07. The van der Waals surface area contributed by atoms with Crippen LogP contribution in [0, 0.1) is 3.57 Å². The molecule has 0 bridgehead atoms. The Hall–Kier alpha value is -1.89. The second-order valence-electron chi connectivity index (χ2n) is 4.32. The predicted molar refractivity (Wildman–Crippen MR) is 91.0 cm³/mol. The Bertz CT molecular complexity index is 680. The van der Waals surface area contributed by atoms with Gasteiger partial charge in [0.15, 0.2) is 23.0 Å². The van der Waals surface area contributed by atoms with Gasteiger partial charge in [-0.2, -0.15) is 0 Å². The minimum Gasteiger partial charge on any atom is -0.504 e. The molecular weight excluding hydrogens is 381 g/mol. The van der Waals surface area contributed by atoms with Gasteiger partial charge < -0.3 is 19.7 Å². The van der Waals surface area contributed by atoms with Crippen LogP contribution in [-0.4, -0.2) is 24.4 Å². The number of halogens is 1. The van der Waals surface area contributed by atoms with Gasteiger partial charge in [-0.15, -0.1) is 0 Å². The highest BCUT2D eigenvalue weighted by Crippen LogP contribution is 2.33. The van der Waals surface area contributed by atoms with Crippen molar-refractivity contribution >= 4 is 34.7 Å². The van der Waals surface area contributed by atoms with Crippen LogP contribution in [0.2, 0.25) is 0 Å². The number of phenolic OH excluding ortho intramolecular Hbond substituents is 2. The molecule has 0 unspecified atom stereocenters. The molecule has 4 nitrogen and oxygen atoms in total. The summed E-state index contributed by atoms with van der Waals surface area (Å²) in [6.45, 7) is 0. The first-order valence-electron chi connectivity index (χ1n) is 6.16. The van der Waals surface area contributed by atoms with E-state index in [0.29, 0.717) is 11.5 Å². The molecule has 0 spiro atoms. The summed E-state index contributed by atoms with van der Waals surface area (Å²) in [5, 5.41) is 19.4. The number of hydrogen-bond acceptors (Lipinski definition) is 4. The van der Waals surface area contributed by atoms with E-state index < -0.39 is 0 Å². The molecule has 0 aliphatic carbocycles. The van der Waals surface area contributed by atoms with Gasteiger partial charge in [0.1, 0.15) is 0 Å². The lowest BCUT2D eigenvalue weighted by molar-refractivity contribution is 0.371. The van der Waals surface area contributed by atoms with Crippen molar-refractivity contribution in [3.63, 3.8) is 0 Å². The molecule has 0 amide bonds. The van der Waals surface area contributed by atoms with Crippen molar-refractivity contribution in [3.05, 3.63) is 45.0 Å². The van der Waals surface area contributed by atoms with Gasteiger partial charge in [-0.25, -0.2) is 0 Å². The van der Waals surface area contributed by atoms with Crippen LogP contribution in [0.4, 0.5) is 0 Å². The van der Waals surface area contributed by atoms with E-state index in [1.807, 2.05) is 18.2 Å². The van der Waals surface area contributed by atoms with Crippen molar-refractivity contribution in [2.45, 2.75) is 0 Å². The van der Waals surface area contributed by atoms with E-state index in [4.69, 9.17) is 9.47 Å². The zero-order valence-corrected chi connectivity index (χ0v) is 13.8.